The van der Waals surface area contributed by atoms with E-state index in [2.05, 4.69) is 20.3 Å². The van der Waals surface area contributed by atoms with Crippen LogP contribution in [0.3, 0.4) is 0 Å². The normalized spacial score (nSPS) is 15.7. The molecule has 1 saturated carbocycles. The Labute approximate surface area is 143 Å². The standard InChI is InChI=1S/C19H26N4O/c1-24-17-14-22-18(16-10-6-7-12-20-16)23-19(17)21-13-11-15-8-4-2-3-5-9-15/h6-7,10,12,14-15H,2-5,8-9,11,13H2,1H3,(H,21,22,23). The van der Waals surface area contributed by atoms with E-state index in [1.165, 1.54) is 44.9 Å². The van der Waals surface area contributed by atoms with Crippen LogP contribution in [0, 0.1) is 5.92 Å². The number of methoxy groups -OCH3 is 1. The molecule has 0 saturated heterocycles. The van der Waals surface area contributed by atoms with Gasteiger partial charge in [0.1, 0.15) is 5.69 Å². The minimum Gasteiger partial charge on any atom is -0.491 e. The molecule has 0 aromatic carbocycles. The van der Waals surface area contributed by atoms with Crippen molar-refractivity contribution in [3.63, 3.8) is 0 Å². The van der Waals surface area contributed by atoms with Crippen LogP contribution >= 0.6 is 0 Å². The van der Waals surface area contributed by atoms with Crippen molar-refractivity contribution in [2.24, 2.45) is 5.92 Å². The summed E-state index contributed by atoms with van der Waals surface area (Å²) in [6.45, 7) is 0.916. The zero-order valence-electron chi connectivity index (χ0n) is 14.4. The second kappa shape index (κ2) is 8.62. The zero-order valence-corrected chi connectivity index (χ0v) is 14.4. The maximum Gasteiger partial charge on any atom is 0.180 e. The first-order chi connectivity index (χ1) is 11.9. The number of nitrogens with one attached hydrogen (secondary N) is 1. The predicted octanol–water partition coefficient (Wildman–Crippen LogP) is 4.32. The van der Waals surface area contributed by atoms with Crippen molar-refractivity contribution in [2.45, 2.75) is 44.9 Å². The van der Waals surface area contributed by atoms with Crippen LogP contribution in [-0.4, -0.2) is 28.6 Å². The molecule has 5 nitrogen and oxygen atoms in total. The summed E-state index contributed by atoms with van der Waals surface area (Å²) in [5.74, 6) is 2.88. The highest BCUT2D eigenvalue weighted by Gasteiger charge is 2.13. The third-order valence-electron chi connectivity index (χ3n) is 4.69. The fourth-order valence-electron chi connectivity index (χ4n) is 3.31. The van der Waals surface area contributed by atoms with E-state index >= 15 is 0 Å². The Hall–Kier alpha value is -2.17. The molecule has 2 heterocycles. The van der Waals surface area contributed by atoms with Gasteiger partial charge in [-0.1, -0.05) is 44.6 Å². The summed E-state index contributed by atoms with van der Waals surface area (Å²) in [4.78, 5) is 13.3. The van der Waals surface area contributed by atoms with Crippen LogP contribution in [-0.2, 0) is 0 Å². The SMILES string of the molecule is COc1cnc(-c2ccccn2)nc1NCCC1CCCCCC1. The van der Waals surface area contributed by atoms with Gasteiger partial charge in [0.2, 0.25) is 0 Å². The molecule has 2 aromatic heterocycles. The molecule has 0 radical (unpaired) electrons. The fourth-order valence-corrected chi connectivity index (χ4v) is 3.31. The molecular formula is C19H26N4O. The number of ether oxygens (including phenoxy) is 1. The van der Waals surface area contributed by atoms with Crippen molar-refractivity contribution in [1.82, 2.24) is 15.0 Å². The van der Waals surface area contributed by atoms with E-state index in [1.54, 1.807) is 19.5 Å². The molecule has 1 N–H and O–H groups in total. The van der Waals surface area contributed by atoms with Crippen LogP contribution in [0.5, 0.6) is 5.75 Å². The number of nitrogens with zero attached hydrogens (tertiary/aromatic N) is 3. The average molecular weight is 326 g/mol. The first-order valence-electron chi connectivity index (χ1n) is 8.93. The first kappa shape index (κ1) is 16.7. The van der Waals surface area contributed by atoms with Crippen LogP contribution in [0.2, 0.25) is 0 Å². The molecule has 2 aromatic rings. The van der Waals surface area contributed by atoms with E-state index in [0.29, 0.717) is 11.6 Å². The smallest absolute Gasteiger partial charge is 0.180 e. The largest absolute Gasteiger partial charge is 0.491 e. The lowest BCUT2D eigenvalue weighted by Gasteiger charge is -2.15. The molecule has 1 aliphatic rings. The maximum absolute atomic E-state index is 5.39. The van der Waals surface area contributed by atoms with Gasteiger partial charge >= 0.3 is 0 Å². The minimum atomic E-state index is 0.619. The van der Waals surface area contributed by atoms with E-state index in [9.17, 15) is 0 Å². The van der Waals surface area contributed by atoms with E-state index < -0.39 is 0 Å². The first-order valence-corrected chi connectivity index (χ1v) is 8.93. The van der Waals surface area contributed by atoms with Crippen LogP contribution in [0.4, 0.5) is 5.82 Å². The van der Waals surface area contributed by atoms with Crippen LogP contribution < -0.4 is 10.1 Å². The molecule has 0 unspecified atom stereocenters. The van der Waals surface area contributed by atoms with Gasteiger partial charge in [-0.3, -0.25) is 4.98 Å². The number of hydrogen-bond donors (Lipinski definition) is 1. The van der Waals surface area contributed by atoms with Gasteiger partial charge in [-0.15, -0.1) is 0 Å². The van der Waals surface area contributed by atoms with Gasteiger partial charge in [0.15, 0.2) is 17.4 Å². The lowest BCUT2D eigenvalue weighted by Crippen LogP contribution is -2.11. The van der Waals surface area contributed by atoms with E-state index in [0.717, 1.165) is 24.0 Å². The van der Waals surface area contributed by atoms with Crippen molar-refractivity contribution in [2.75, 3.05) is 19.0 Å². The molecule has 1 aliphatic carbocycles. The Morgan fingerprint density at radius 2 is 1.96 bits per heavy atom. The summed E-state index contributed by atoms with van der Waals surface area (Å²) in [6, 6.07) is 5.74. The van der Waals surface area contributed by atoms with Crippen LogP contribution in [0.1, 0.15) is 44.9 Å². The van der Waals surface area contributed by atoms with Gasteiger partial charge in [0.05, 0.1) is 13.3 Å². The fraction of sp³-hybridized carbons (Fsp3) is 0.526. The quantitative estimate of drug-likeness (QED) is 0.801. The molecule has 128 valence electrons. The van der Waals surface area contributed by atoms with Crippen LogP contribution in [0.25, 0.3) is 11.5 Å². The van der Waals surface area contributed by atoms with Gasteiger partial charge < -0.3 is 10.1 Å². The highest BCUT2D eigenvalue weighted by Crippen LogP contribution is 2.27. The third kappa shape index (κ3) is 4.43. The Bertz CT molecular complexity index is 625. The topological polar surface area (TPSA) is 59.9 Å². The highest BCUT2D eigenvalue weighted by atomic mass is 16.5. The lowest BCUT2D eigenvalue weighted by atomic mass is 9.97. The van der Waals surface area contributed by atoms with Crippen molar-refractivity contribution in [3.05, 3.63) is 30.6 Å². The molecule has 3 rings (SSSR count). The molecule has 24 heavy (non-hydrogen) atoms. The van der Waals surface area contributed by atoms with Crippen molar-refractivity contribution < 1.29 is 4.74 Å². The lowest BCUT2D eigenvalue weighted by molar-refractivity contribution is 0.411. The summed E-state index contributed by atoms with van der Waals surface area (Å²) in [6.07, 6.45) is 12.9. The van der Waals surface area contributed by atoms with Gasteiger partial charge in [0.25, 0.3) is 0 Å². The number of pyridine rings is 1. The van der Waals surface area contributed by atoms with Gasteiger partial charge in [-0.2, -0.15) is 0 Å². The molecule has 0 spiro atoms. The Morgan fingerprint density at radius 3 is 2.67 bits per heavy atom. The van der Waals surface area contributed by atoms with Gasteiger partial charge in [0, 0.05) is 12.7 Å². The Kier molecular flexibility index (Phi) is 5.99. The third-order valence-corrected chi connectivity index (χ3v) is 4.69. The molecule has 5 heteroatoms. The highest BCUT2D eigenvalue weighted by molar-refractivity contribution is 5.57. The molecular weight excluding hydrogens is 300 g/mol. The molecule has 1 fully saturated rings. The predicted molar refractivity (Wildman–Crippen MR) is 96.1 cm³/mol. The monoisotopic (exact) mass is 326 g/mol. The summed E-state index contributed by atoms with van der Waals surface area (Å²) in [7, 11) is 1.65. The summed E-state index contributed by atoms with van der Waals surface area (Å²) in [5.41, 5.74) is 0.770. The maximum atomic E-state index is 5.39. The van der Waals surface area contributed by atoms with E-state index in [4.69, 9.17) is 4.74 Å². The average Bonchev–Trinajstić information content (AvgIpc) is 2.91. The number of anilines is 1. The molecule has 0 bridgehead atoms. The molecule has 0 aliphatic heterocycles. The Morgan fingerprint density at radius 1 is 1.12 bits per heavy atom. The zero-order chi connectivity index (χ0) is 16.6. The van der Waals surface area contributed by atoms with Crippen molar-refractivity contribution in [1.29, 1.82) is 0 Å². The summed E-state index contributed by atoms with van der Waals surface area (Å²) >= 11 is 0. The summed E-state index contributed by atoms with van der Waals surface area (Å²) in [5, 5.41) is 3.44. The number of rotatable bonds is 6. The van der Waals surface area contributed by atoms with E-state index in [1.807, 2.05) is 18.2 Å². The van der Waals surface area contributed by atoms with Gasteiger partial charge in [-0.05, 0) is 24.5 Å². The number of hydrogen-bond acceptors (Lipinski definition) is 5. The van der Waals surface area contributed by atoms with Crippen molar-refractivity contribution >= 4 is 5.82 Å². The molecule has 0 amide bonds. The van der Waals surface area contributed by atoms with Crippen LogP contribution in [0.15, 0.2) is 30.6 Å². The minimum absolute atomic E-state index is 0.619. The second-order valence-electron chi connectivity index (χ2n) is 6.40. The second-order valence-corrected chi connectivity index (χ2v) is 6.40. The Balaban J connectivity index is 1.65. The van der Waals surface area contributed by atoms with Crippen molar-refractivity contribution in [3.8, 4) is 17.3 Å². The summed E-state index contributed by atoms with van der Waals surface area (Å²) < 4.78 is 5.39. The van der Waals surface area contributed by atoms with E-state index in [-0.39, 0.29) is 0 Å². The van der Waals surface area contributed by atoms with Gasteiger partial charge in [-0.25, -0.2) is 9.97 Å². The molecule has 0 atom stereocenters. The number of aromatic nitrogens is 3.